The molecule has 1 aromatic carbocycles. The third-order valence-electron chi connectivity index (χ3n) is 8.64. The number of carbonyl (C=O) groups excluding carboxylic acids is 1. The number of rotatable bonds is 5. The fraction of sp³-hybridized carbons (Fsp3) is 0.600. The Balaban J connectivity index is 1.36. The number of nitrogens with zero attached hydrogens (tertiary/aromatic N) is 4. The van der Waals surface area contributed by atoms with Crippen molar-refractivity contribution in [2.45, 2.75) is 74.7 Å². The van der Waals surface area contributed by atoms with E-state index in [2.05, 4.69) is 14.7 Å². The summed E-state index contributed by atoms with van der Waals surface area (Å²) in [4.78, 5) is 18.5. The van der Waals surface area contributed by atoms with Gasteiger partial charge >= 0.3 is 18.2 Å². The molecule has 4 saturated carbocycles. The minimum Gasteiger partial charge on any atom is -0.380 e. The van der Waals surface area contributed by atoms with Crippen LogP contribution >= 0.6 is 0 Å². The second-order valence-corrected chi connectivity index (χ2v) is 10.9. The Morgan fingerprint density at radius 1 is 1.11 bits per heavy atom. The molecule has 2 bridgehead atoms. The highest BCUT2D eigenvalue weighted by Gasteiger charge is 2.63. The van der Waals surface area contributed by atoms with Crippen molar-refractivity contribution >= 4 is 11.6 Å². The van der Waals surface area contributed by atoms with Gasteiger partial charge in [-0.2, -0.15) is 36.6 Å². The van der Waals surface area contributed by atoms with Gasteiger partial charge in [-0.1, -0.05) is 11.2 Å². The Labute approximate surface area is 213 Å². The van der Waals surface area contributed by atoms with Crippen LogP contribution in [-0.4, -0.2) is 39.5 Å². The molecule has 4 fully saturated rings. The Kier molecular flexibility index (Phi) is 6.05. The zero-order valence-electron chi connectivity index (χ0n) is 20.1. The highest BCUT2D eigenvalue weighted by Crippen LogP contribution is 2.58. The van der Waals surface area contributed by atoms with E-state index >= 15 is 0 Å². The molecule has 1 aromatic heterocycles. The van der Waals surface area contributed by atoms with Crippen LogP contribution in [0.1, 0.15) is 68.6 Å². The molecule has 2 aromatic rings. The van der Waals surface area contributed by atoms with Crippen molar-refractivity contribution in [3.8, 4) is 6.07 Å². The van der Waals surface area contributed by atoms with Gasteiger partial charge in [0.1, 0.15) is 0 Å². The first-order valence-corrected chi connectivity index (χ1v) is 12.2. The molecule has 0 unspecified atom stereocenters. The van der Waals surface area contributed by atoms with Gasteiger partial charge in [0.2, 0.25) is 5.91 Å². The first kappa shape index (κ1) is 26.5. The number of hydrogen-bond acceptors (Lipinski definition) is 6. The number of hydrogen-bond donors (Lipinski definition) is 1. The molecule has 0 spiro atoms. The number of anilines is 1. The Hall–Kier alpha value is -3.14. The van der Waals surface area contributed by atoms with Crippen molar-refractivity contribution in [1.82, 2.24) is 10.1 Å². The van der Waals surface area contributed by atoms with Crippen molar-refractivity contribution in [2.24, 2.45) is 11.3 Å². The van der Waals surface area contributed by atoms with E-state index in [1.165, 1.54) is 11.0 Å². The Morgan fingerprint density at radius 3 is 2.26 bits per heavy atom. The number of halogens is 6. The van der Waals surface area contributed by atoms with Gasteiger partial charge in [0.25, 0.3) is 0 Å². The summed E-state index contributed by atoms with van der Waals surface area (Å²) in [6.07, 6.45) is -8.01. The van der Waals surface area contributed by atoms with Gasteiger partial charge in [0, 0.05) is 23.6 Å². The van der Waals surface area contributed by atoms with Crippen molar-refractivity contribution in [3.63, 3.8) is 0 Å². The molecule has 4 aliphatic rings. The average molecular weight is 542 g/mol. The second-order valence-electron chi connectivity index (χ2n) is 10.9. The molecule has 0 radical (unpaired) electrons. The molecule has 204 valence electrons. The second kappa shape index (κ2) is 8.69. The van der Waals surface area contributed by atoms with Crippen LogP contribution in [0.3, 0.4) is 0 Å². The van der Waals surface area contributed by atoms with Gasteiger partial charge in [0.05, 0.1) is 11.6 Å². The lowest BCUT2D eigenvalue weighted by Crippen LogP contribution is -2.60. The maximum absolute atomic E-state index is 13.5. The van der Waals surface area contributed by atoms with E-state index in [0.29, 0.717) is 44.2 Å². The van der Waals surface area contributed by atoms with Gasteiger partial charge in [-0.25, -0.2) is 0 Å². The van der Waals surface area contributed by atoms with Crippen molar-refractivity contribution in [3.05, 3.63) is 41.5 Å². The summed E-state index contributed by atoms with van der Waals surface area (Å²) in [5.41, 5.74) is -3.33. The van der Waals surface area contributed by atoms with E-state index in [-0.39, 0.29) is 17.9 Å². The number of nitriles is 1. The number of carbonyl (C=O) groups is 1. The summed E-state index contributed by atoms with van der Waals surface area (Å²) in [7, 11) is 0. The van der Waals surface area contributed by atoms with Crippen LogP contribution in [0.4, 0.5) is 32.0 Å². The van der Waals surface area contributed by atoms with E-state index in [4.69, 9.17) is 0 Å². The summed E-state index contributed by atoms with van der Waals surface area (Å²) in [6.45, 7) is 0.178. The Morgan fingerprint density at radius 2 is 1.74 bits per heavy atom. The van der Waals surface area contributed by atoms with Crippen LogP contribution in [-0.2, 0) is 16.4 Å². The van der Waals surface area contributed by atoms with Crippen LogP contribution in [0.15, 0.2) is 28.8 Å². The van der Waals surface area contributed by atoms with E-state index in [1.54, 1.807) is 18.2 Å². The lowest BCUT2D eigenvalue weighted by atomic mass is 9.53. The number of alkyl halides is 6. The summed E-state index contributed by atoms with van der Waals surface area (Å²) in [6, 6.07) is 8.23. The normalized spacial score (nSPS) is 30.9. The fourth-order valence-corrected chi connectivity index (χ4v) is 6.15. The van der Waals surface area contributed by atoms with Crippen LogP contribution < -0.4 is 4.90 Å². The van der Waals surface area contributed by atoms with Gasteiger partial charge in [-0.05, 0) is 75.0 Å². The smallest absolute Gasteiger partial charge is 0.380 e. The zero-order chi connectivity index (χ0) is 27.6. The number of aromatic nitrogens is 2. The zero-order valence-corrected chi connectivity index (χ0v) is 20.1. The summed E-state index contributed by atoms with van der Waals surface area (Å²) in [5, 5.41) is 22.8. The lowest BCUT2D eigenvalue weighted by Gasteiger charge is -2.54. The van der Waals surface area contributed by atoms with E-state index < -0.39 is 59.3 Å². The number of aliphatic hydroxyl groups is 1. The van der Waals surface area contributed by atoms with Crippen molar-refractivity contribution in [2.75, 3.05) is 11.4 Å². The first-order chi connectivity index (χ1) is 17.7. The maximum Gasteiger partial charge on any atom is 0.471 e. The molecule has 0 aliphatic heterocycles. The Bertz CT molecular complexity index is 1250. The number of fused-ring (bicyclic) bond motifs is 3. The lowest BCUT2D eigenvalue weighted by molar-refractivity contribution is -0.295. The molecule has 38 heavy (non-hydrogen) atoms. The number of amides is 1. The molecular formula is C25H24F6N4O3. The molecular weight excluding hydrogens is 518 g/mol. The summed E-state index contributed by atoms with van der Waals surface area (Å²) in [5.74, 6) is -2.96. The highest BCUT2D eigenvalue weighted by atomic mass is 19.4. The molecule has 1 amide bonds. The maximum atomic E-state index is 13.5. The highest BCUT2D eigenvalue weighted by molar-refractivity contribution is 5.96. The van der Waals surface area contributed by atoms with E-state index in [0.717, 1.165) is 0 Å². The third-order valence-corrected chi connectivity index (χ3v) is 8.64. The first-order valence-electron chi connectivity index (χ1n) is 12.2. The summed E-state index contributed by atoms with van der Waals surface area (Å²) >= 11 is 0. The van der Waals surface area contributed by atoms with Crippen LogP contribution in [0.25, 0.3) is 0 Å². The summed E-state index contributed by atoms with van der Waals surface area (Å²) < 4.78 is 83.0. The molecule has 0 saturated heterocycles. The number of benzene rings is 1. The fourth-order valence-electron chi connectivity index (χ4n) is 6.15. The minimum absolute atomic E-state index is 0.0219. The van der Waals surface area contributed by atoms with E-state index in [1.807, 2.05) is 6.07 Å². The predicted molar refractivity (Wildman–Crippen MR) is 118 cm³/mol. The topological polar surface area (TPSA) is 103 Å². The van der Waals surface area contributed by atoms with Crippen molar-refractivity contribution < 1.29 is 40.8 Å². The molecule has 1 heterocycles. The molecule has 0 atom stereocenters. The van der Waals surface area contributed by atoms with Crippen LogP contribution in [0.2, 0.25) is 0 Å². The minimum atomic E-state index is -4.84. The van der Waals surface area contributed by atoms with Crippen molar-refractivity contribution in [1.29, 1.82) is 5.26 Å². The molecule has 6 rings (SSSR count). The SMILES string of the molecule is N#Cc1cccc(N(CC23CCC(c4noc(C(F)(F)F)n4)(CC2)CC3)C(=O)C2CC(O)(C(F)(F)F)C2)c1. The molecule has 7 nitrogen and oxygen atoms in total. The largest absolute Gasteiger partial charge is 0.471 e. The molecule has 13 heteroatoms. The molecule has 4 aliphatic carbocycles. The van der Waals surface area contributed by atoms with Gasteiger partial charge < -0.3 is 14.5 Å². The van der Waals surface area contributed by atoms with Gasteiger partial charge in [-0.3, -0.25) is 4.79 Å². The van der Waals surface area contributed by atoms with Gasteiger partial charge in [0.15, 0.2) is 11.4 Å². The predicted octanol–water partition coefficient (Wildman–Crippen LogP) is 5.29. The van der Waals surface area contributed by atoms with Crippen LogP contribution in [0, 0.1) is 22.7 Å². The third kappa shape index (κ3) is 4.42. The van der Waals surface area contributed by atoms with Crippen LogP contribution in [0.5, 0.6) is 0 Å². The molecule has 1 N–H and O–H groups in total. The van der Waals surface area contributed by atoms with E-state index in [9.17, 15) is 41.5 Å². The average Bonchev–Trinajstić information content (AvgIpc) is 3.38. The quantitative estimate of drug-likeness (QED) is 0.515. The standard InChI is InChI=1S/C25H24F6N4O3/c26-24(27,28)20-33-19(34-38-20)22-7-4-21(5-8-22,6-9-22)14-35(17-3-1-2-15(10-17)13-32)18(36)16-11-23(37,12-16)25(29,30)31/h1-3,10,16,37H,4-9,11-12,14H2. The monoisotopic (exact) mass is 542 g/mol. The van der Waals surface area contributed by atoms with Gasteiger partial charge in [-0.15, -0.1) is 0 Å².